The maximum atomic E-state index is 13.9. The quantitative estimate of drug-likeness (QED) is 0.379. The number of methoxy groups -OCH3 is 1. The fraction of sp³-hybridized carbons (Fsp3) is 0.286. The third kappa shape index (κ3) is 7.55. The van der Waals surface area contributed by atoms with Crippen LogP contribution in [0.3, 0.4) is 0 Å². The Balaban J connectivity index is 2.05. The predicted octanol–water partition coefficient (Wildman–Crippen LogP) is 3.38. The lowest BCUT2D eigenvalue weighted by Gasteiger charge is -2.33. The van der Waals surface area contributed by atoms with Crippen LogP contribution in [0.25, 0.3) is 0 Å². The van der Waals surface area contributed by atoms with E-state index >= 15 is 0 Å². The molecule has 0 spiro atoms. The van der Waals surface area contributed by atoms with Crippen molar-refractivity contribution in [2.75, 3.05) is 30.8 Å². The van der Waals surface area contributed by atoms with Crippen molar-refractivity contribution in [2.24, 2.45) is 0 Å². The fourth-order valence-corrected chi connectivity index (χ4v) is 4.92. The molecule has 8 nitrogen and oxygen atoms in total. The Morgan fingerprint density at radius 1 is 0.947 bits per heavy atom. The van der Waals surface area contributed by atoms with Crippen LogP contribution in [0.1, 0.15) is 18.1 Å². The zero-order chi connectivity index (χ0) is 27.7. The maximum Gasteiger partial charge on any atom is 0.244 e. The van der Waals surface area contributed by atoms with E-state index in [1.54, 1.807) is 31.2 Å². The Kier molecular flexibility index (Phi) is 9.84. The third-order valence-electron chi connectivity index (χ3n) is 5.92. The number of hydrogen-bond donors (Lipinski definition) is 1. The Bertz CT molecular complexity index is 1330. The van der Waals surface area contributed by atoms with Crippen LogP contribution >= 0.6 is 0 Å². The number of ether oxygens (including phenoxy) is 1. The number of carbonyl (C=O) groups excluding carboxylic acids is 2. The lowest BCUT2D eigenvalue weighted by atomic mass is 10.0. The largest absolute Gasteiger partial charge is 0.495 e. The number of likely N-dealkylation sites (N-methyl/N-ethyl adjacent to an activating group) is 1. The number of nitrogens with one attached hydrogen (secondary N) is 1. The van der Waals surface area contributed by atoms with Gasteiger partial charge in [0.15, 0.2) is 0 Å². The molecule has 0 aromatic heterocycles. The number of anilines is 1. The second-order valence-electron chi connectivity index (χ2n) is 8.69. The first-order valence-corrected chi connectivity index (χ1v) is 13.9. The summed E-state index contributed by atoms with van der Waals surface area (Å²) < 4.78 is 45.5. The van der Waals surface area contributed by atoms with Crippen LogP contribution in [-0.4, -0.2) is 57.6 Å². The minimum absolute atomic E-state index is 0.0305. The van der Waals surface area contributed by atoms with Crippen LogP contribution in [0, 0.1) is 5.82 Å². The molecule has 10 heteroatoms. The summed E-state index contributed by atoms with van der Waals surface area (Å²) in [5, 5.41) is 2.78. The van der Waals surface area contributed by atoms with E-state index in [1.165, 1.54) is 36.3 Å². The maximum absolute atomic E-state index is 13.9. The van der Waals surface area contributed by atoms with Crippen molar-refractivity contribution in [1.82, 2.24) is 10.2 Å². The van der Waals surface area contributed by atoms with Crippen molar-refractivity contribution in [3.63, 3.8) is 0 Å². The zero-order valence-corrected chi connectivity index (χ0v) is 22.4. The van der Waals surface area contributed by atoms with Crippen molar-refractivity contribution in [3.05, 3.63) is 95.8 Å². The average molecular weight is 542 g/mol. The van der Waals surface area contributed by atoms with Gasteiger partial charge < -0.3 is 15.0 Å². The molecule has 3 aromatic rings. The molecule has 0 saturated heterocycles. The van der Waals surface area contributed by atoms with Gasteiger partial charge >= 0.3 is 0 Å². The molecule has 0 heterocycles. The number of carbonyl (C=O) groups is 2. The number of halogens is 1. The first-order chi connectivity index (χ1) is 18.1. The number of benzene rings is 3. The standard InChI is InChI=1S/C28H32FN3O5S/c1-4-30-28(34)25(18-21-10-6-5-7-11-21)31(19-22-14-16-23(29)17-15-22)27(33)20-32(38(3,35)36)24-12-8-9-13-26(24)37-2/h5-17,25H,4,18-20H2,1-3H3,(H,30,34)/t25-/m1/s1. The van der Waals surface area contributed by atoms with Gasteiger partial charge in [-0.3, -0.25) is 13.9 Å². The highest BCUT2D eigenvalue weighted by Crippen LogP contribution is 2.30. The first-order valence-electron chi connectivity index (χ1n) is 12.1. The molecule has 202 valence electrons. The van der Waals surface area contributed by atoms with Crippen LogP contribution in [0.2, 0.25) is 0 Å². The van der Waals surface area contributed by atoms with E-state index in [9.17, 15) is 22.4 Å². The molecular weight excluding hydrogens is 509 g/mol. The third-order valence-corrected chi connectivity index (χ3v) is 7.05. The molecule has 1 atom stereocenters. The number of amides is 2. The van der Waals surface area contributed by atoms with Gasteiger partial charge in [0, 0.05) is 19.5 Å². The summed E-state index contributed by atoms with van der Waals surface area (Å²) in [5.74, 6) is -1.14. The van der Waals surface area contributed by atoms with E-state index in [2.05, 4.69) is 5.32 Å². The molecular formula is C28H32FN3O5S. The SMILES string of the molecule is CCNC(=O)[C@@H](Cc1ccccc1)N(Cc1ccc(F)cc1)C(=O)CN(c1ccccc1OC)S(C)(=O)=O. The summed E-state index contributed by atoms with van der Waals surface area (Å²) in [5.41, 5.74) is 1.61. The number of nitrogens with zero attached hydrogens (tertiary/aromatic N) is 2. The molecule has 0 aliphatic carbocycles. The summed E-state index contributed by atoms with van der Waals surface area (Å²) in [4.78, 5) is 28.5. The normalized spacial score (nSPS) is 11.9. The van der Waals surface area contributed by atoms with Crippen LogP contribution in [-0.2, 0) is 32.6 Å². The van der Waals surface area contributed by atoms with Crippen LogP contribution in [0.4, 0.5) is 10.1 Å². The van der Waals surface area contributed by atoms with Crippen LogP contribution < -0.4 is 14.4 Å². The first kappa shape index (κ1) is 28.6. The predicted molar refractivity (Wildman–Crippen MR) is 145 cm³/mol. The molecule has 0 bridgehead atoms. The lowest BCUT2D eigenvalue weighted by Crippen LogP contribution is -2.53. The Labute approximate surface area is 223 Å². The summed E-state index contributed by atoms with van der Waals surface area (Å²) in [6.45, 7) is 1.53. The van der Waals surface area contributed by atoms with Gasteiger partial charge in [-0.2, -0.15) is 0 Å². The molecule has 0 saturated carbocycles. The molecule has 0 unspecified atom stereocenters. The van der Waals surface area contributed by atoms with Gasteiger partial charge in [0.25, 0.3) is 0 Å². The van der Waals surface area contributed by atoms with E-state index in [0.29, 0.717) is 12.1 Å². The van der Waals surface area contributed by atoms with Crippen LogP contribution in [0.15, 0.2) is 78.9 Å². The van der Waals surface area contributed by atoms with Crippen molar-refractivity contribution in [1.29, 1.82) is 0 Å². The minimum Gasteiger partial charge on any atom is -0.495 e. The molecule has 2 amide bonds. The zero-order valence-electron chi connectivity index (χ0n) is 21.6. The Morgan fingerprint density at radius 3 is 2.18 bits per heavy atom. The summed E-state index contributed by atoms with van der Waals surface area (Å²) in [6.07, 6.45) is 1.20. The average Bonchev–Trinajstić information content (AvgIpc) is 2.90. The Morgan fingerprint density at radius 2 is 1.58 bits per heavy atom. The fourth-order valence-electron chi connectivity index (χ4n) is 4.06. The van der Waals surface area contributed by atoms with E-state index in [0.717, 1.165) is 16.1 Å². The summed E-state index contributed by atoms with van der Waals surface area (Å²) >= 11 is 0. The monoisotopic (exact) mass is 541 g/mol. The highest BCUT2D eigenvalue weighted by atomic mass is 32.2. The molecule has 38 heavy (non-hydrogen) atoms. The van der Waals surface area contributed by atoms with E-state index in [4.69, 9.17) is 4.74 Å². The summed E-state index contributed by atoms with van der Waals surface area (Å²) in [7, 11) is -2.51. The van der Waals surface area contributed by atoms with Gasteiger partial charge in [-0.05, 0) is 42.3 Å². The minimum atomic E-state index is -3.92. The lowest BCUT2D eigenvalue weighted by molar-refractivity contribution is -0.140. The second kappa shape index (κ2) is 13.0. The van der Waals surface area contributed by atoms with E-state index in [-0.39, 0.29) is 30.3 Å². The van der Waals surface area contributed by atoms with Crippen molar-refractivity contribution in [2.45, 2.75) is 25.9 Å². The van der Waals surface area contributed by atoms with E-state index < -0.39 is 34.3 Å². The second-order valence-corrected chi connectivity index (χ2v) is 10.6. The molecule has 0 aliphatic heterocycles. The topological polar surface area (TPSA) is 96.0 Å². The molecule has 1 N–H and O–H groups in total. The van der Waals surface area contributed by atoms with E-state index in [1.807, 2.05) is 30.3 Å². The Hall–Kier alpha value is -3.92. The number of sulfonamides is 1. The molecule has 3 rings (SSSR count). The number of hydrogen-bond acceptors (Lipinski definition) is 5. The van der Waals surface area contributed by atoms with Crippen molar-refractivity contribution in [3.8, 4) is 5.75 Å². The molecule has 0 fully saturated rings. The van der Waals surface area contributed by atoms with Gasteiger partial charge in [-0.15, -0.1) is 0 Å². The molecule has 0 radical (unpaired) electrons. The highest BCUT2D eigenvalue weighted by molar-refractivity contribution is 7.92. The molecule has 3 aromatic carbocycles. The van der Waals surface area contributed by atoms with Crippen molar-refractivity contribution >= 4 is 27.5 Å². The van der Waals surface area contributed by atoms with Gasteiger partial charge in [-0.1, -0.05) is 54.6 Å². The van der Waals surface area contributed by atoms with Gasteiger partial charge in [0.2, 0.25) is 21.8 Å². The van der Waals surface area contributed by atoms with Gasteiger partial charge in [0.1, 0.15) is 24.2 Å². The van der Waals surface area contributed by atoms with Gasteiger partial charge in [-0.25, -0.2) is 12.8 Å². The number of rotatable bonds is 12. The smallest absolute Gasteiger partial charge is 0.244 e. The number of para-hydroxylation sites is 2. The summed E-state index contributed by atoms with van der Waals surface area (Å²) in [6, 6.07) is 20.4. The van der Waals surface area contributed by atoms with Crippen molar-refractivity contribution < 1.29 is 27.1 Å². The van der Waals surface area contributed by atoms with Gasteiger partial charge in [0.05, 0.1) is 19.1 Å². The van der Waals surface area contributed by atoms with Crippen LogP contribution in [0.5, 0.6) is 5.75 Å². The highest BCUT2D eigenvalue weighted by Gasteiger charge is 2.33. The molecule has 0 aliphatic rings.